The summed E-state index contributed by atoms with van der Waals surface area (Å²) in [6, 6.07) is 4.38. The second kappa shape index (κ2) is 7.11. The zero-order valence-electron chi connectivity index (χ0n) is 12.6. The topological polar surface area (TPSA) is 68.0 Å². The average Bonchev–Trinajstić information content (AvgIpc) is 2.84. The summed E-state index contributed by atoms with van der Waals surface area (Å²) in [6.07, 6.45) is 0.679. The van der Waals surface area contributed by atoms with Crippen molar-refractivity contribution < 1.29 is 9.21 Å². The molecule has 0 bridgehead atoms. The number of benzene rings is 1. The summed E-state index contributed by atoms with van der Waals surface area (Å²) in [5, 5.41) is 11.5. The summed E-state index contributed by atoms with van der Waals surface area (Å²) in [5.41, 5.74) is 0.357. The van der Waals surface area contributed by atoms with Gasteiger partial charge in [0.2, 0.25) is 11.8 Å². The molecule has 0 saturated heterocycles. The van der Waals surface area contributed by atoms with Crippen molar-refractivity contribution in [2.45, 2.75) is 33.2 Å². The number of carbonyl (C=O) groups excluding carboxylic acids is 1. The summed E-state index contributed by atoms with van der Waals surface area (Å²) in [5.74, 6) is 0.897. The molecule has 5 nitrogen and oxygen atoms in total. The SMILES string of the molecule is Cc1nnc(C(CC(C)C)NC(=O)c2ccc(Cl)cc2Cl)o1. The van der Waals surface area contributed by atoms with Crippen molar-refractivity contribution in [3.8, 4) is 0 Å². The van der Waals surface area contributed by atoms with Gasteiger partial charge in [-0.15, -0.1) is 10.2 Å². The van der Waals surface area contributed by atoms with E-state index in [0.717, 1.165) is 0 Å². The van der Waals surface area contributed by atoms with Gasteiger partial charge in [0.15, 0.2) is 0 Å². The van der Waals surface area contributed by atoms with Crippen LogP contribution < -0.4 is 5.32 Å². The molecule has 0 saturated carbocycles. The maximum Gasteiger partial charge on any atom is 0.253 e. The Hall–Kier alpha value is -1.59. The highest BCUT2D eigenvalue weighted by atomic mass is 35.5. The van der Waals surface area contributed by atoms with E-state index in [1.54, 1.807) is 19.1 Å². The van der Waals surface area contributed by atoms with Gasteiger partial charge in [-0.1, -0.05) is 37.0 Å². The van der Waals surface area contributed by atoms with Crippen molar-refractivity contribution in [3.05, 3.63) is 45.6 Å². The standard InChI is InChI=1S/C15H17Cl2N3O2/c1-8(2)6-13(15-20-19-9(3)22-15)18-14(21)11-5-4-10(16)7-12(11)17/h4-5,7-8,13H,6H2,1-3H3,(H,18,21). The molecule has 1 amide bonds. The smallest absolute Gasteiger partial charge is 0.253 e. The van der Waals surface area contributed by atoms with E-state index >= 15 is 0 Å². The molecule has 1 aromatic carbocycles. The maximum atomic E-state index is 12.4. The highest BCUT2D eigenvalue weighted by Crippen LogP contribution is 2.24. The van der Waals surface area contributed by atoms with E-state index in [1.807, 2.05) is 0 Å². The van der Waals surface area contributed by atoms with Crippen LogP contribution in [0.2, 0.25) is 10.0 Å². The van der Waals surface area contributed by atoms with Gasteiger partial charge in [-0.2, -0.15) is 0 Å². The van der Waals surface area contributed by atoms with Crippen molar-refractivity contribution in [1.82, 2.24) is 15.5 Å². The number of hydrogen-bond donors (Lipinski definition) is 1. The number of nitrogens with zero attached hydrogens (tertiary/aromatic N) is 2. The summed E-state index contributed by atoms with van der Waals surface area (Å²) >= 11 is 11.9. The molecule has 0 radical (unpaired) electrons. The van der Waals surface area contributed by atoms with Crippen molar-refractivity contribution in [1.29, 1.82) is 0 Å². The van der Waals surface area contributed by atoms with Gasteiger partial charge in [0.1, 0.15) is 6.04 Å². The molecule has 0 fully saturated rings. The molecule has 1 unspecified atom stereocenters. The van der Waals surface area contributed by atoms with Crippen molar-refractivity contribution in [2.75, 3.05) is 0 Å². The van der Waals surface area contributed by atoms with Crippen LogP contribution in [0.15, 0.2) is 22.6 Å². The molecule has 7 heteroatoms. The Kier molecular flexibility index (Phi) is 5.42. The number of nitrogens with one attached hydrogen (secondary N) is 1. The Morgan fingerprint density at radius 3 is 2.59 bits per heavy atom. The highest BCUT2D eigenvalue weighted by molar-refractivity contribution is 6.36. The van der Waals surface area contributed by atoms with E-state index in [2.05, 4.69) is 29.4 Å². The van der Waals surface area contributed by atoms with E-state index in [1.165, 1.54) is 6.07 Å². The van der Waals surface area contributed by atoms with E-state index in [4.69, 9.17) is 27.6 Å². The predicted octanol–water partition coefficient (Wildman–Crippen LogP) is 4.20. The van der Waals surface area contributed by atoms with Crippen LogP contribution in [0, 0.1) is 12.8 Å². The van der Waals surface area contributed by atoms with Gasteiger partial charge in [0, 0.05) is 11.9 Å². The average molecular weight is 342 g/mol. The van der Waals surface area contributed by atoms with Gasteiger partial charge < -0.3 is 9.73 Å². The van der Waals surface area contributed by atoms with Crippen LogP contribution >= 0.6 is 23.2 Å². The molecule has 1 N–H and O–H groups in total. The van der Waals surface area contributed by atoms with Crippen LogP contribution in [-0.4, -0.2) is 16.1 Å². The van der Waals surface area contributed by atoms with Crippen molar-refractivity contribution >= 4 is 29.1 Å². The third-order valence-electron chi connectivity index (χ3n) is 3.03. The zero-order valence-corrected chi connectivity index (χ0v) is 14.1. The third-order valence-corrected chi connectivity index (χ3v) is 3.58. The Balaban J connectivity index is 2.21. The zero-order chi connectivity index (χ0) is 16.3. The molecule has 0 spiro atoms. The fraction of sp³-hybridized carbons (Fsp3) is 0.400. The Morgan fingerprint density at radius 2 is 2.05 bits per heavy atom. The van der Waals surface area contributed by atoms with E-state index in [9.17, 15) is 4.79 Å². The molecular formula is C15H17Cl2N3O2. The first-order valence-corrected chi connectivity index (χ1v) is 7.68. The van der Waals surface area contributed by atoms with Crippen LogP contribution in [0.1, 0.15) is 48.4 Å². The molecule has 2 aromatic rings. The van der Waals surface area contributed by atoms with Crippen LogP contribution in [0.5, 0.6) is 0 Å². The molecule has 0 aliphatic carbocycles. The number of amides is 1. The van der Waals surface area contributed by atoms with Crippen molar-refractivity contribution in [2.24, 2.45) is 5.92 Å². The molecule has 22 heavy (non-hydrogen) atoms. The van der Waals surface area contributed by atoms with Gasteiger partial charge in [-0.3, -0.25) is 4.79 Å². The Labute approximate surface area is 139 Å². The molecule has 118 valence electrons. The van der Waals surface area contributed by atoms with Gasteiger partial charge in [0.05, 0.1) is 10.6 Å². The van der Waals surface area contributed by atoms with Gasteiger partial charge in [-0.25, -0.2) is 0 Å². The van der Waals surface area contributed by atoms with E-state index in [0.29, 0.717) is 39.7 Å². The minimum absolute atomic E-state index is 0.301. The number of rotatable bonds is 5. The second-order valence-electron chi connectivity index (χ2n) is 5.44. The van der Waals surface area contributed by atoms with E-state index < -0.39 is 0 Å². The summed E-state index contributed by atoms with van der Waals surface area (Å²) in [6.45, 7) is 5.82. The highest BCUT2D eigenvalue weighted by Gasteiger charge is 2.23. The summed E-state index contributed by atoms with van der Waals surface area (Å²) in [4.78, 5) is 12.4. The lowest BCUT2D eigenvalue weighted by Gasteiger charge is -2.17. The lowest BCUT2D eigenvalue weighted by Crippen LogP contribution is -2.30. The molecule has 1 heterocycles. The number of halogens is 2. The minimum atomic E-state index is -0.361. The van der Waals surface area contributed by atoms with Crippen molar-refractivity contribution in [3.63, 3.8) is 0 Å². The third kappa shape index (κ3) is 4.21. The lowest BCUT2D eigenvalue weighted by molar-refractivity contribution is 0.0924. The molecule has 0 aliphatic rings. The number of aryl methyl sites for hydroxylation is 1. The number of aromatic nitrogens is 2. The Morgan fingerprint density at radius 1 is 1.32 bits per heavy atom. The first-order valence-electron chi connectivity index (χ1n) is 6.92. The fourth-order valence-corrected chi connectivity index (χ4v) is 2.55. The summed E-state index contributed by atoms with van der Waals surface area (Å²) < 4.78 is 5.44. The second-order valence-corrected chi connectivity index (χ2v) is 6.28. The van der Waals surface area contributed by atoms with Crippen LogP contribution in [0.3, 0.4) is 0 Å². The predicted molar refractivity (Wildman–Crippen MR) is 85.2 cm³/mol. The van der Waals surface area contributed by atoms with Gasteiger partial charge >= 0.3 is 0 Å². The van der Waals surface area contributed by atoms with E-state index in [-0.39, 0.29) is 11.9 Å². The number of carbonyl (C=O) groups is 1. The maximum absolute atomic E-state index is 12.4. The van der Waals surface area contributed by atoms with Crippen LogP contribution in [-0.2, 0) is 0 Å². The first kappa shape index (κ1) is 16.8. The minimum Gasteiger partial charge on any atom is -0.423 e. The molecule has 0 aliphatic heterocycles. The largest absolute Gasteiger partial charge is 0.423 e. The first-order chi connectivity index (χ1) is 10.4. The molecule has 1 aromatic heterocycles. The molecule has 1 atom stereocenters. The van der Waals surface area contributed by atoms with Gasteiger partial charge in [-0.05, 0) is 30.5 Å². The molecular weight excluding hydrogens is 325 g/mol. The number of hydrogen-bond acceptors (Lipinski definition) is 4. The fourth-order valence-electron chi connectivity index (χ4n) is 2.06. The quantitative estimate of drug-likeness (QED) is 0.884. The lowest BCUT2D eigenvalue weighted by atomic mass is 10.0. The van der Waals surface area contributed by atoms with Gasteiger partial charge in [0.25, 0.3) is 5.91 Å². The Bertz CT molecular complexity index is 671. The van der Waals surface area contributed by atoms with Crippen LogP contribution in [0.4, 0.5) is 0 Å². The van der Waals surface area contributed by atoms with Crippen LogP contribution in [0.25, 0.3) is 0 Å². The monoisotopic (exact) mass is 341 g/mol. The normalized spacial score (nSPS) is 12.5. The summed E-state index contributed by atoms with van der Waals surface area (Å²) in [7, 11) is 0. The molecule has 2 rings (SSSR count).